The lowest BCUT2D eigenvalue weighted by molar-refractivity contribution is 0.0502. The van der Waals surface area contributed by atoms with Crippen LogP contribution < -0.4 is 9.47 Å². The minimum absolute atomic E-state index is 0.00273. The lowest BCUT2D eigenvalue weighted by atomic mass is 10.0. The van der Waals surface area contributed by atoms with Gasteiger partial charge in [-0.05, 0) is 43.3 Å². The quantitative estimate of drug-likeness (QED) is 0.264. The van der Waals surface area contributed by atoms with Gasteiger partial charge >= 0.3 is 5.97 Å². The summed E-state index contributed by atoms with van der Waals surface area (Å²) in [6.07, 6.45) is 0. The van der Waals surface area contributed by atoms with Crippen LogP contribution in [0.2, 0.25) is 0 Å². The Morgan fingerprint density at radius 1 is 0.857 bits per heavy atom. The molecule has 0 aliphatic heterocycles. The molecule has 0 aromatic heterocycles. The maximum absolute atomic E-state index is 13.0. The number of hydrogen-bond donors (Lipinski definition) is 0. The Hall–Kier alpha value is -3.44. The Kier molecular flexibility index (Phi) is 6.19. The highest BCUT2D eigenvalue weighted by Crippen LogP contribution is 2.27. The summed E-state index contributed by atoms with van der Waals surface area (Å²) in [5, 5.41) is 0. The van der Waals surface area contributed by atoms with Crippen molar-refractivity contribution in [1.82, 2.24) is 0 Å². The molecule has 3 aromatic rings. The molecule has 5 nitrogen and oxygen atoms in total. The predicted octanol–water partition coefficient (Wildman–Crippen LogP) is 4.43. The van der Waals surface area contributed by atoms with E-state index in [1.54, 1.807) is 48.5 Å². The molecule has 28 heavy (non-hydrogen) atoms. The summed E-state index contributed by atoms with van der Waals surface area (Å²) in [6.45, 7) is 1.91. The number of rotatable bonds is 7. The molecule has 0 heterocycles. The summed E-state index contributed by atoms with van der Waals surface area (Å²) in [4.78, 5) is 25.3. The number of esters is 1. The van der Waals surface area contributed by atoms with Gasteiger partial charge in [-0.2, -0.15) is 0 Å². The Morgan fingerprint density at radius 2 is 1.61 bits per heavy atom. The maximum atomic E-state index is 13.0. The fraction of sp³-hybridized carbons (Fsp3) is 0.130. The maximum Gasteiger partial charge on any atom is 0.343 e. The van der Waals surface area contributed by atoms with Gasteiger partial charge in [0.05, 0.1) is 11.1 Å². The van der Waals surface area contributed by atoms with Crippen molar-refractivity contribution in [3.05, 3.63) is 95.1 Å². The van der Waals surface area contributed by atoms with Crippen LogP contribution in [0, 0.1) is 6.92 Å². The molecule has 3 aromatic carbocycles. The molecular formula is C23H20O5. The number of ketones is 1. The largest absolute Gasteiger partial charge is 0.467 e. The standard InChI is InChI=1S/C23H20O5/c1-16-7-6-10-18(13-16)22(24)20-14-19(11-12-21(20)27-15-26-2)28-23(25)17-8-4-3-5-9-17/h3-14H,15H2,1-2H3. The van der Waals surface area contributed by atoms with Crippen LogP contribution in [-0.2, 0) is 4.74 Å². The normalized spacial score (nSPS) is 10.4. The molecule has 0 radical (unpaired) electrons. The van der Waals surface area contributed by atoms with Crippen molar-refractivity contribution in [3.8, 4) is 11.5 Å². The van der Waals surface area contributed by atoms with Gasteiger partial charge in [0.15, 0.2) is 12.6 Å². The minimum Gasteiger partial charge on any atom is -0.467 e. The van der Waals surface area contributed by atoms with Gasteiger partial charge in [-0.25, -0.2) is 4.79 Å². The van der Waals surface area contributed by atoms with Gasteiger partial charge in [0.2, 0.25) is 0 Å². The monoisotopic (exact) mass is 376 g/mol. The van der Waals surface area contributed by atoms with E-state index in [1.807, 2.05) is 25.1 Å². The first-order valence-electron chi connectivity index (χ1n) is 8.73. The van der Waals surface area contributed by atoms with Gasteiger partial charge < -0.3 is 14.2 Å². The van der Waals surface area contributed by atoms with Crippen LogP contribution in [0.25, 0.3) is 0 Å². The number of aryl methyl sites for hydroxylation is 1. The molecule has 0 aliphatic rings. The summed E-state index contributed by atoms with van der Waals surface area (Å²) >= 11 is 0. The van der Waals surface area contributed by atoms with E-state index in [1.165, 1.54) is 13.2 Å². The van der Waals surface area contributed by atoms with Gasteiger partial charge in [-0.3, -0.25) is 4.79 Å². The van der Waals surface area contributed by atoms with Crippen molar-refractivity contribution in [3.63, 3.8) is 0 Å². The molecule has 5 heteroatoms. The van der Waals surface area contributed by atoms with Crippen LogP contribution in [-0.4, -0.2) is 25.7 Å². The van der Waals surface area contributed by atoms with E-state index in [9.17, 15) is 9.59 Å². The minimum atomic E-state index is -0.500. The van der Waals surface area contributed by atoms with E-state index >= 15 is 0 Å². The molecule has 0 atom stereocenters. The molecular weight excluding hydrogens is 356 g/mol. The highest BCUT2D eigenvalue weighted by Gasteiger charge is 2.18. The van der Waals surface area contributed by atoms with Gasteiger partial charge in [-0.1, -0.05) is 42.0 Å². The van der Waals surface area contributed by atoms with Gasteiger partial charge in [0.25, 0.3) is 0 Å². The predicted molar refractivity (Wildman–Crippen MR) is 105 cm³/mol. The summed E-state index contributed by atoms with van der Waals surface area (Å²) in [5.41, 5.74) is 2.21. The average Bonchev–Trinajstić information content (AvgIpc) is 2.73. The number of hydrogen-bond acceptors (Lipinski definition) is 5. The lowest BCUT2D eigenvalue weighted by Gasteiger charge is -2.12. The molecule has 0 N–H and O–H groups in total. The fourth-order valence-electron chi connectivity index (χ4n) is 2.68. The Labute approximate surface area is 163 Å². The third-order valence-corrected chi connectivity index (χ3v) is 4.03. The average molecular weight is 376 g/mol. The topological polar surface area (TPSA) is 61.8 Å². The molecule has 0 unspecified atom stereocenters. The van der Waals surface area contributed by atoms with Crippen LogP contribution in [0.1, 0.15) is 31.8 Å². The summed E-state index contributed by atoms with van der Waals surface area (Å²) in [6, 6.07) is 20.6. The first-order valence-corrected chi connectivity index (χ1v) is 8.73. The first kappa shape index (κ1) is 19.3. The SMILES string of the molecule is COCOc1ccc(OC(=O)c2ccccc2)cc1C(=O)c1cccc(C)c1. The van der Waals surface area contributed by atoms with E-state index in [0.717, 1.165) is 5.56 Å². The summed E-state index contributed by atoms with van der Waals surface area (Å²) in [5.74, 6) is -0.116. The van der Waals surface area contributed by atoms with Crippen LogP contribution in [0.5, 0.6) is 11.5 Å². The molecule has 0 spiro atoms. The zero-order valence-corrected chi connectivity index (χ0v) is 15.7. The Bertz CT molecular complexity index is 979. The van der Waals surface area contributed by atoms with E-state index in [2.05, 4.69) is 0 Å². The second-order valence-electron chi connectivity index (χ2n) is 6.16. The van der Waals surface area contributed by atoms with Crippen LogP contribution >= 0.6 is 0 Å². The number of ether oxygens (including phenoxy) is 3. The number of carbonyl (C=O) groups excluding carboxylic acids is 2. The fourth-order valence-corrected chi connectivity index (χ4v) is 2.68. The summed E-state index contributed by atoms with van der Waals surface area (Å²) in [7, 11) is 1.50. The van der Waals surface area contributed by atoms with Crippen molar-refractivity contribution >= 4 is 11.8 Å². The van der Waals surface area contributed by atoms with Crippen molar-refractivity contribution < 1.29 is 23.8 Å². The van der Waals surface area contributed by atoms with Crippen molar-refractivity contribution in [2.24, 2.45) is 0 Å². The molecule has 0 saturated carbocycles. The van der Waals surface area contributed by atoms with Gasteiger partial charge in [-0.15, -0.1) is 0 Å². The molecule has 142 valence electrons. The van der Waals surface area contributed by atoms with Crippen LogP contribution in [0.4, 0.5) is 0 Å². The van der Waals surface area contributed by atoms with Crippen molar-refractivity contribution in [2.45, 2.75) is 6.92 Å². The van der Waals surface area contributed by atoms with E-state index < -0.39 is 5.97 Å². The lowest BCUT2D eigenvalue weighted by Crippen LogP contribution is -2.11. The highest BCUT2D eigenvalue weighted by molar-refractivity contribution is 6.11. The third-order valence-electron chi connectivity index (χ3n) is 4.03. The Balaban J connectivity index is 1.92. The summed E-state index contributed by atoms with van der Waals surface area (Å²) < 4.78 is 15.9. The number of benzene rings is 3. The van der Waals surface area contributed by atoms with E-state index in [0.29, 0.717) is 22.4 Å². The van der Waals surface area contributed by atoms with E-state index in [4.69, 9.17) is 14.2 Å². The molecule has 3 rings (SSSR count). The number of carbonyl (C=O) groups is 2. The van der Waals surface area contributed by atoms with Gasteiger partial charge in [0, 0.05) is 12.7 Å². The van der Waals surface area contributed by atoms with Crippen molar-refractivity contribution in [2.75, 3.05) is 13.9 Å². The number of methoxy groups -OCH3 is 1. The van der Waals surface area contributed by atoms with E-state index in [-0.39, 0.29) is 18.3 Å². The van der Waals surface area contributed by atoms with Crippen molar-refractivity contribution in [1.29, 1.82) is 0 Å². The zero-order valence-electron chi connectivity index (χ0n) is 15.7. The molecule has 0 bridgehead atoms. The van der Waals surface area contributed by atoms with Crippen LogP contribution in [0.3, 0.4) is 0 Å². The second kappa shape index (κ2) is 8.97. The van der Waals surface area contributed by atoms with Gasteiger partial charge in [0.1, 0.15) is 11.5 Å². The molecule has 0 amide bonds. The zero-order chi connectivity index (χ0) is 19.9. The molecule has 0 fully saturated rings. The third kappa shape index (κ3) is 4.64. The Morgan fingerprint density at radius 3 is 2.32 bits per heavy atom. The second-order valence-corrected chi connectivity index (χ2v) is 6.16. The highest BCUT2D eigenvalue weighted by atomic mass is 16.7. The molecule has 0 saturated heterocycles. The van der Waals surface area contributed by atoms with Crippen LogP contribution in [0.15, 0.2) is 72.8 Å². The smallest absolute Gasteiger partial charge is 0.343 e. The first-order chi connectivity index (χ1) is 13.6. The molecule has 0 aliphatic carbocycles.